The van der Waals surface area contributed by atoms with Crippen LogP contribution in [0.15, 0.2) is 36.9 Å². The van der Waals surface area contributed by atoms with Crippen LogP contribution < -0.4 is 10.6 Å². The molecule has 3 heterocycles. The summed E-state index contributed by atoms with van der Waals surface area (Å²) in [7, 11) is 0. The Labute approximate surface area is 143 Å². The van der Waals surface area contributed by atoms with Crippen molar-refractivity contribution in [1.82, 2.24) is 10.2 Å². The summed E-state index contributed by atoms with van der Waals surface area (Å²) < 4.78 is 0. The lowest BCUT2D eigenvalue weighted by molar-refractivity contribution is 0.0209. The molecule has 2 amide bonds. The zero-order chi connectivity index (χ0) is 17.1. The fourth-order valence-corrected chi connectivity index (χ4v) is 3.83. The zero-order valence-electron chi connectivity index (χ0n) is 14.1. The number of nitrogens with one attached hydrogen (secondary N) is 2. The largest absolute Gasteiger partial charge is 0.336 e. The number of fused-ring (bicyclic) bond motifs is 3. The van der Waals surface area contributed by atoms with Gasteiger partial charge in [-0.1, -0.05) is 6.08 Å². The summed E-state index contributed by atoms with van der Waals surface area (Å²) in [6.45, 7) is 8.31. The molecule has 2 bridgehead atoms. The first-order valence-corrected chi connectivity index (χ1v) is 8.59. The molecule has 3 aliphatic rings. The molecule has 0 spiro atoms. The lowest BCUT2D eigenvalue weighted by atomic mass is 9.75. The molecule has 1 unspecified atom stereocenters. The van der Waals surface area contributed by atoms with E-state index in [-0.39, 0.29) is 11.8 Å². The number of hydrogen-bond acceptors (Lipinski definition) is 3. The van der Waals surface area contributed by atoms with Crippen molar-refractivity contribution >= 4 is 17.5 Å². The van der Waals surface area contributed by atoms with E-state index < -0.39 is 0 Å². The van der Waals surface area contributed by atoms with Gasteiger partial charge in [0.05, 0.1) is 0 Å². The minimum absolute atomic E-state index is 0.0187. The molecule has 1 aromatic rings. The highest BCUT2D eigenvalue weighted by Crippen LogP contribution is 2.36. The summed E-state index contributed by atoms with van der Waals surface area (Å²) >= 11 is 0. The molecule has 0 aliphatic carbocycles. The van der Waals surface area contributed by atoms with E-state index in [4.69, 9.17) is 0 Å². The number of benzene rings is 1. The van der Waals surface area contributed by atoms with E-state index in [1.807, 2.05) is 0 Å². The Balaban J connectivity index is 1.48. The molecule has 5 nitrogen and oxygen atoms in total. The summed E-state index contributed by atoms with van der Waals surface area (Å²) in [4.78, 5) is 25.8. The van der Waals surface area contributed by atoms with Crippen molar-refractivity contribution in [1.29, 1.82) is 0 Å². The molecule has 24 heavy (non-hydrogen) atoms. The van der Waals surface area contributed by atoms with Gasteiger partial charge in [-0.05, 0) is 62.4 Å². The standard InChI is InChI=1S/C19H25N3O2/c1-3-14-12-22-9-8-16(14)10-18(22)11-20-19(24)21-17-6-4-15(5-7-17)13(2)23/h3-7,14,16,18H,1,8-12H2,2H3,(H2,20,21,24)/t14-,16+,18+/m0/s1. The Morgan fingerprint density at radius 3 is 2.67 bits per heavy atom. The molecule has 2 N–H and O–H groups in total. The Kier molecular flexibility index (Phi) is 5.00. The van der Waals surface area contributed by atoms with Crippen molar-refractivity contribution in [2.45, 2.75) is 25.8 Å². The van der Waals surface area contributed by atoms with Crippen LogP contribution in [0.3, 0.4) is 0 Å². The summed E-state index contributed by atoms with van der Waals surface area (Å²) in [6, 6.07) is 7.16. The number of amides is 2. The van der Waals surface area contributed by atoms with E-state index in [9.17, 15) is 9.59 Å². The van der Waals surface area contributed by atoms with Crippen molar-refractivity contribution in [2.24, 2.45) is 11.8 Å². The maximum Gasteiger partial charge on any atom is 0.319 e. The van der Waals surface area contributed by atoms with E-state index in [2.05, 4.69) is 28.2 Å². The molecular weight excluding hydrogens is 302 g/mol. The molecule has 0 aromatic heterocycles. The highest BCUT2D eigenvalue weighted by molar-refractivity contribution is 5.95. The number of carbonyl (C=O) groups excluding carboxylic acids is 2. The third-order valence-corrected chi connectivity index (χ3v) is 5.28. The fourth-order valence-electron chi connectivity index (χ4n) is 3.83. The summed E-state index contributed by atoms with van der Waals surface area (Å²) in [5.41, 5.74) is 1.33. The first-order valence-electron chi connectivity index (χ1n) is 8.59. The number of Topliss-reactive ketones (excluding diaryl/α,β-unsaturated/α-hetero) is 1. The van der Waals surface area contributed by atoms with Gasteiger partial charge in [-0.3, -0.25) is 9.69 Å². The second kappa shape index (κ2) is 7.18. The Bertz CT molecular complexity index is 626. The van der Waals surface area contributed by atoms with Crippen molar-refractivity contribution in [3.63, 3.8) is 0 Å². The van der Waals surface area contributed by atoms with Crippen molar-refractivity contribution in [3.8, 4) is 0 Å². The quantitative estimate of drug-likeness (QED) is 0.646. The van der Waals surface area contributed by atoms with Crippen LogP contribution in [0.1, 0.15) is 30.1 Å². The molecule has 3 saturated heterocycles. The SMILES string of the molecule is C=C[C@H]1CN2CC[C@@H]1C[C@@H]2CNC(=O)Nc1ccc(C(C)=O)cc1. The molecule has 3 aliphatic heterocycles. The van der Waals surface area contributed by atoms with E-state index in [1.165, 1.54) is 13.3 Å². The first kappa shape index (κ1) is 16.7. The lowest BCUT2D eigenvalue weighted by Crippen LogP contribution is -2.56. The summed E-state index contributed by atoms with van der Waals surface area (Å²) in [5, 5.41) is 5.79. The smallest absolute Gasteiger partial charge is 0.319 e. The molecular formula is C19H25N3O2. The van der Waals surface area contributed by atoms with Crippen LogP contribution in [0.5, 0.6) is 0 Å². The van der Waals surface area contributed by atoms with Crippen LogP contribution in [0.2, 0.25) is 0 Å². The van der Waals surface area contributed by atoms with Gasteiger partial charge in [0.25, 0.3) is 0 Å². The number of carbonyl (C=O) groups is 2. The highest BCUT2D eigenvalue weighted by Gasteiger charge is 2.38. The number of nitrogens with zero attached hydrogens (tertiary/aromatic N) is 1. The van der Waals surface area contributed by atoms with Gasteiger partial charge in [0.15, 0.2) is 5.78 Å². The van der Waals surface area contributed by atoms with Crippen LogP contribution in [0.25, 0.3) is 0 Å². The first-order chi connectivity index (χ1) is 11.6. The van der Waals surface area contributed by atoms with Crippen LogP contribution in [0.4, 0.5) is 10.5 Å². The van der Waals surface area contributed by atoms with Gasteiger partial charge in [-0.15, -0.1) is 6.58 Å². The molecule has 0 saturated carbocycles. The van der Waals surface area contributed by atoms with E-state index in [0.29, 0.717) is 35.7 Å². The topological polar surface area (TPSA) is 61.4 Å². The molecule has 4 rings (SSSR count). The monoisotopic (exact) mass is 327 g/mol. The average Bonchev–Trinajstić information content (AvgIpc) is 2.60. The molecule has 5 heteroatoms. The molecule has 3 fully saturated rings. The van der Waals surface area contributed by atoms with Crippen LogP contribution in [0, 0.1) is 11.8 Å². The second-order valence-corrected chi connectivity index (χ2v) is 6.80. The molecule has 0 radical (unpaired) electrons. The van der Waals surface area contributed by atoms with Gasteiger partial charge in [0, 0.05) is 30.4 Å². The van der Waals surface area contributed by atoms with Gasteiger partial charge < -0.3 is 10.6 Å². The molecule has 1 aromatic carbocycles. The summed E-state index contributed by atoms with van der Waals surface area (Å²) in [6.07, 6.45) is 4.45. The number of rotatable bonds is 5. The molecule has 4 atom stereocenters. The number of piperidine rings is 3. The van der Waals surface area contributed by atoms with Gasteiger partial charge >= 0.3 is 6.03 Å². The van der Waals surface area contributed by atoms with Gasteiger partial charge in [0.1, 0.15) is 0 Å². The lowest BCUT2D eigenvalue weighted by Gasteiger charge is -2.49. The predicted octanol–water partition coefficient (Wildman–Crippen LogP) is 2.91. The Morgan fingerprint density at radius 1 is 1.33 bits per heavy atom. The van der Waals surface area contributed by atoms with Crippen LogP contribution >= 0.6 is 0 Å². The van der Waals surface area contributed by atoms with E-state index in [0.717, 1.165) is 19.5 Å². The Morgan fingerprint density at radius 2 is 2.08 bits per heavy atom. The maximum absolute atomic E-state index is 12.1. The summed E-state index contributed by atoms with van der Waals surface area (Å²) in [5.74, 6) is 1.33. The zero-order valence-corrected chi connectivity index (χ0v) is 14.1. The second-order valence-electron chi connectivity index (χ2n) is 6.80. The normalized spacial score (nSPS) is 28.2. The number of urea groups is 1. The third-order valence-electron chi connectivity index (χ3n) is 5.28. The Hall–Kier alpha value is -2.14. The van der Waals surface area contributed by atoms with Crippen LogP contribution in [-0.2, 0) is 0 Å². The molecule has 128 valence electrons. The minimum atomic E-state index is -0.200. The predicted molar refractivity (Wildman–Crippen MR) is 95.2 cm³/mol. The van der Waals surface area contributed by atoms with Gasteiger partial charge in [-0.2, -0.15) is 0 Å². The average molecular weight is 327 g/mol. The van der Waals surface area contributed by atoms with Gasteiger partial charge in [0.2, 0.25) is 0 Å². The fraction of sp³-hybridized carbons (Fsp3) is 0.474. The van der Waals surface area contributed by atoms with Crippen molar-refractivity contribution in [3.05, 3.63) is 42.5 Å². The van der Waals surface area contributed by atoms with Gasteiger partial charge in [-0.25, -0.2) is 4.79 Å². The van der Waals surface area contributed by atoms with E-state index >= 15 is 0 Å². The van der Waals surface area contributed by atoms with Crippen molar-refractivity contribution in [2.75, 3.05) is 25.0 Å². The minimum Gasteiger partial charge on any atom is -0.336 e. The number of anilines is 1. The highest BCUT2D eigenvalue weighted by atomic mass is 16.2. The third kappa shape index (κ3) is 3.67. The van der Waals surface area contributed by atoms with Crippen LogP contribution in [-0.4, -0.2) is 42.4 Å². The van der Waals surface area contributed by atoms with E-state index in [1.54, 1.807) is 24.3 Å². The maximum atomic E-state index is 12.1. The number of ketones is 1. The van der Waals surface area contributed by atoms with Crippen molar-refractivity contribution < 1.29 is 9.59 Å². The number of hydrogen-bond donors (Lipinski definition) is 2.